The van der Waals surface area contributed by atoms with Gasteiger partial charge in [0.1, 0.15) is 0 Å². The highest BCUT2D eigenvalue weighted by Gasteiger charge is 2.14. The molecule has 29 heavy (non-hydrogen) atoms. The van der Waals surface area contributed by atoms with Gasteiger partial charge in [-0.15, -0.1) is 0 Å². The molecule has 5 rings (SSSR count). The number of benzene rings is 3. The molecule has 4 heteroatoms. The van der Waals surface area contributed by atoms with E-state index in [1.165, 1.54) is 5.69 Å². The summed E-state index contributed by atoms with van der Waals surface area (Å²) < 4.78 is 7.26. The zero-order valence-electron chi connectivity index (χ0n) is 16.1. The van der Waals surface area contributed by atoms with Gasteiger partial charge in [-0.2, -0.15) is 0 Å². The third-order valence-electron chi connectivity index (χ3n) is 5.48. The van der Waals surface area contributed by atoms with E-state index in [4.69, 9.17) is 4.74 Å². The predicted octanol–water partition coefficient (Wildman–Crippen LogP) is 4.49. The molecule has 0 spiro atoms. The molecule has 1 fully saturated rings. The highest BCUT2D eigenvalue weighted by atomic mass is 16.5. The molecule has 0 radical (unpaired) electrons. The number of pyridine rings is 1. The summed E-state index contributed by atoms with van der Waals surface area (Å²) in [7, 11) is 0. The molecule has 2 heterocycles. The second-order valence-electron chi connectivity index (χ2n) is 7.24. The fraction of sp³-hybridized carbons (Fsp3) is 0.160. The summed E-state index contributed by atoms with van der Waals surface area (Å²) >= 11 is 0. The Morgan fingerprint density at radius 3 is 2.17 bits per heavy atom. The second-order valence-corrected chi connectivity index (χ2v) is 7.24. The Labute approximate surface area is 169 Å². The Kier molecular flexibility index (Phi) is 4.62. The van der Waals surface area contributed by atoms with Crippen LogP contribution in [0.4, 0.5) is 5.69 Å². The molecule has 4 nitrogen and oxygen atoms in total. The zero-order chi connectivity index (χ0) is 19.6. The first-order valence-corrected chi connectivity index (χ1v) is 9.95. The van der Waals surface area contributed by atoms with Crippen LogP contribution >= 0.6 is 0 Å². The topological polar surface area (TPSA) is 34.5 Å². The molecule has 0 bridgehead atoms. The van der Waals surface area contributed by atoms with E-state index in [0.717, 1.165) is 54.0 Å². The first-order valence-electron chi connectivity index (χ1n) is 9.95. The Morgan fingerprint density at radius 1 is 0.724 bits per heavy atom. The molecular weight excluding hydrogens is 360 g/mol. The molecule has 0 aliphatic carbocycles. The lowest BCUT2D eigenvalue weighted by Gasteiger charge is -2.29. The number of hydrogen-bond donors (Lipinski definition) is 0. The van der Waals surface area contributed by atoms with Crippen LogP contribution < -0.4 is 10.5 Å². The number of ether oxygens (including phenoxy) is 1. The van der Waals surface area contributed by atoms with Gasteiger partial charge in [0.05, 0.1) is 18.9 Å². The summed E-state index contributed by atoms with van der Waals surface area (Å²) in [5, 5.41) is 1.68. The molecule has 0 N–H and O–H groups in total. The predicted molar refractivity (Wildman–Crippen MR) is 118 cm³/mol. The zero-order valence-corrected chi connectivity index (χ0v) is 16.1. The molecule has 3 aromatic carbocycles. The van der Waals surface area contributed by atoms with Crippen LogP contribution in [-0.2, 0) is 4.74 Å². The minimum atomic E-state index is 0.00144. The average molecular weight is 382 g/mol. The summed E-state index contributed by atoms with van der Waals surface area (Å²) in [6.07, 6.45) is 0. The van der Waals surface area contributed by atoms with E-state index in [0.29, 0.717) is 0 Å². The summed E-state index contributed by atoms with van der Waals surface area (Å²) in [6.45, 7) is 3.34. The quantitative estimate of drug-likeness (QED) is 0.523. The molecule has 1 aliphatic rings. The Balaban J connectivity index is 1.66. The van der Waals surface area contributed by atoms with Crippen molar-refractivity contribution in [2.45, 2.75) is 0 Å². The number of nitrogens with zero attached hydrogens (tertiary/aromatic N) is 2. The second kappa shape index (κ2) is 7.57. The van der Waals surface area contributed by atoms with Gasteiger partial charge in [-0.1, -0.05) is 48.5 Å². The molecule has 0 amide bonds. The van der Waals surface area contributed by atoms with Gasteiger partial charge in [-0.05, 0) is 47.3 Å². The molecule has 4 aromatic rings. The number of morpholine rings is 1. The van der Waals surface area contributed by atoms with E-state index in [1.54, 1.807) is 0 Å². The normalized spacial score (nSPS) is 14.3. The van der Waals surface area contributed by atoms with E-state index in [9.17, 15) is 4.79 Å². The van der Waals surface area contributed by atoms with Crippen molar-refractivity contribution in [3.8, 4) is 16.9 Å². The third kappa shape index (κ3) is 3.32. The van der Waals surface area contributed by atoms with E-state index in [1.807, 2.05) is 59.2 Å². The molecule has 0 saturated carbocycles. The van der Waals surface area contributed by atoms with Crippen LogP contribution in [0.5, 0.6) is 0 Å². The van der Waals surface area contributed by atoms with Gasteiger partial charge in [0.2, 0.25) is 0 Å². The third-order valence-corrected chi connectivity index (χ3v) is 5.48. The van der Waals surface area contributed by atoms with Gasteiger partial charge >= 0.3 is 0 Å². The van der Waals surface area contributed by atoms with Crippen molar-refractivity contribution in [1.82, 2.24) is 4.57 Å². The fourth-order valence-corrected chi connectivity index (χ4v) is 3.97. The van der Waals surface area contributed by atoms with Crippen molar-refractivity contribution in [1.29, 1.82) is 0 Å². The van der Waals surface area contributed by atoms with Gasteiger partial charge in [0.25, 0.3) is 5.56 Å². The van der Waals surface area contributed by atoms with Gasteiger partial charge in [0.15, 0.2) is 0 Å². The van der Waals surface area contributed by atoms with Crippen LogP contribution in [-0.4, -0.2) is 30.9 Å². The first kappa shape index (κ1) is 17.7. The Hall–Kier alpha value is -3.37. The maximum absolute atomic E-state index is 13.4. The number of hydrogen-bond acceptors (Lipinski definition) is 3. The number of fused-ring (bicyclic) bond motifs is 1. The molecule has 0 atom stereocenters. The smallest absolute Gasteiger partial charge is 0.263 e. The number of rotatable bonds is 3. The van der Waals surface area contributed by atoms with Crippen molar-refractivity contribution >= 4 is 16.5 Å². The van der Waals surface area contributed by atoms with Crippen LogP contribution in [0, 0.1) is 0 Å². The summed E-state index contributed by atoms with van der Waals surface area (Å²) in [5.41, 5.74) is 3.98. The first-order chi connectivity index (χ1) is 14.3. The standard InChI is InChI=1S/C25H22N2O2/c28-25-23-9-5-4-6-20(23)18-24(27(25)22-7-2-1-3-8-22)19-10-12-21(13-11-19)26-14-16-29-17-15-26/h1-13,18H,14-17H2. The van der Waals surface area contributed by atoms with Crippen molar-refractivity contribution in [3.05, 3.63) is 95.3 Å². The van der Waals surface area contributed by atoms with E-state index < -0.39 is 0 Å². The number of anilines is 1. The van der Waals surface area contributed by atoms with Crippen molar-refractivity contribution < 1.29 is 4.74 Å². The highest BCUT2D eigenvalue weighted by Crippen LogP contribution is 2.27. The number of aromatic nitrogens is 1. The van der Waals surface area contributed by atoms with E-state index in [2.05, 4.69) is 35.2 Å². The van der Waals surface area contributed by atoms with Crippen LogP contribution in [0.15, 0.2) is 89.7 Å². The van der Waals surface area contributed by atoms with Gasteiger partial charge in [0, 0.05) is 29.9 Å². The fourth-order valence-electron chi connectivity index (χ4n) is 3.97. The molecule has 1 saturated heterocycles. The van der Waals surface area contributed by atoms with Gasteiger partial charge in [-0.25, -0.2) is 0 Å². The SMILES string of the molecule is O=c1c2ccccc2cc(-c2ccc(N3CCOCC3)cc2)n1-c1ccccc1. The summed E-state index contributed by atoms with van der Waals surface area (Å²) in [4.78, 5) is 15.7. The molecular formula is C25H22N2O2. The monoisotopic (exact) mass is 382 g/mol. The van der Waals surface area contributed by atoms with Gasteiger partial charge < -0.3 is 9.64 Å². The average Bonchev–Trinajstić information content (AvgIpc) is 2.80. The number of para-hydroxylation sites is 1. The highest BCUT2D eigenvalue weighted by molar-refractivity contribution is 5.86. The van der Waals surface area contributed by atoms with Crippen molar-refractivity contribution in [2.75, 3.05) is 31.2 Å². The molecule has 0 unspecified atom stereocenters. The Morgan fingerprint density at radius 2 is 1.41 bits per heavy atom. The summed E-state index contributed by atoms with van der Waals surface area (Å²) in [6, 6.07) is 28.2. The molecule has 144 valence electrons. The van der Waals surface area contributed by atoms with Gasteiger partial charge in [-0.3, -0.25) is 9.36 Å². The maximum Gasteiger partial charge on any atom is 0.263 e. The van der Waals surface area contributed by atoms with Crippen LogP contribution in [0.2, 0.25) is 0 Å². The van der Waals surface area contributed by atoms with Crippen LogP contribution in [0.1, 0.15) is 0 Å². The minimum absolute atomic E-state index is 0.00144. The minimum Gasteiger partial charge on any atom is -0.378 e. The lowest BCUT2D eigenvalue weighted by Crippen LogP contribution is -2.36. The van der Waals surface area contributed by atoms with Crippen LogP contribution in [0.25, 0.3) is 27.7 Å². The largest absolute Gasteiger partial charge is 0.378 e. The lowest BCUT2D eigenvalue weighted by molar-refractivity contribution is 0.122. The van der Waals surface area contributed by atoms with Crippen molar-refractivity contribution in [3.63, 3.8) is 0 Å². The van der Waals surface area contributed by atoms with E-state index >= 15 is 0 Å². The van der Waals surface area contributed by atoms with Crippen molar-refractivity contribution in [2.24, 2.45) is 0 Å². The lowest BCUT2D eigenvalue weighted by atomic mass is 10.0. The molecule has 1 aromatic heterocycles. The maximum atomic E-state index is 13.4. The van der Waals surface area contributed by atoms with Crippen LogP contribution in [0.3, 0.4) is 0 Å². The van der Waals surface area contributed by atoms with E-state index in [-0.39, 0.29) is 5.56 Å². The summed E-state index contributed by atoms with van der Waals surface area (Å²) in [5.74, 6) is 0. The Bertz CT molecular complexity index is 1190. The molecule has 1 aliphatic heterocycles.